The maximum atomic E-state index is 12.8. The average Bonchev–Trinajstić information content (AvgIpc) is 3.40. The van der Waals surface area contributed by atoms with Crippen LogP contribution in [0.25, 0.3) is 10.2 Å². The lowest BCUT2D eigenvalue weighted by Gasteiger charge is -2.35. The molecule has 3 aromatic rings. The Hall–Kier alpha value is -2.12. The number of fused-ring (bicyclic) bond motifs is 3. The van der Waals surface area contributed by atoms with Crippen LogP contribution in [0.2, 0.25) is 0 Å². The summed E-state index contributed by atoms with van der Waals surface area (Å²) in [5.74, 6) is 2.41. The summed E-state index contributed by atoms with van der Waals surface area (Å²) < 4.78 is 0. The van der Waals surface area contributed by atoms with Crippen LogP contribution in [-0.2, 0) is 23.4 Å². The van der Waals surface area contributed by atoms with Crippen LogP contribution in [0.5, 0.6) is 0 Å². The topological polar surface area (TPSA) is 66.1 Å². The van der Waals surface area contributed by atoms with E-state index >= 15 is 0 Å². The molecular weight excluding hydrogens is 438 g/mol. The van der Waals surface area contributed by atoms with Crippen molar-refractivity contribution in [2.45, 2.75) is 62.7 Å². The molecule has 0 radical (unpaired) electrons. The summed E-state index contributed by atoms with van der Waals surface area (Å²) in [7, 11) is 1.94. The first-order valence-corrected chi connectivity index (χ1v) is 13.5. The van der Waals surface area contributed by atoms with Crippen molar-refractivity contribution in [3.8, 4) is 0 Å². The fourth-order valence-corrected chi connectivity index (χ4v) is 7.27. The number of aromatic amines is 1. The fourth-order valence-electron chi connectivity index (χ4n) is 5.18. The Morgan fingerprint density at radius 2 is 1.97 bits per heavy atom. The number of aryl methyl sites for hydroxylation is 2. The number of aromatic nitrogens is 2. The molecule has 168 valence electrons. The van der Waals surface area contributed by atoms with E-state index in [4.69, 9.17) is 0 Å². The predicted molar refractivity (Wildman–Crippen MR) is 133 cm³/mol. The largest absolute Gasteiger partial charge is 0.342 e. The molecule has 1 amide bonds. The standard InChI is InChI=1S/C25H29N3O2S2/c1-28(18-12-10-17(11-13-18)16-6-3-2-4-7-16)22(29)15-31-14-21-26-24(30)23-19-8-5-9-20(19)32-25(23)27-21/h2-4,6-7,17-18H,5,8-15H2,1H3,(H,26,27,30). The molecule has 5 rings (SSSR count). The van der Waals surface area contributed by atoms with Crippen molar-refractivity contribution in [1.82, 2.24) is 14.9 Å². The van der Waals surface area contributed by atoms with Gasteiger partial charge in [-0.05, 0) is 62.0 Å². The minimum absolute atomic E-state index is 0.0244. The molecule has 2 aliphatic rings. The van der Waals surface area contributed by atoms with E-state index < -0.39 is 0 Å². The molecule has 1 fully saturated rings. The Labute approximate surface area is 196 Å². The maximum absolute atomic E-state index is 12.8. The second-order valence-corrected chi connectivity index (χ2v) is 11.0. The fraction of sp³-hybridized carbons (Fsp3) is 0.480. The van der Waals surface area contributed by atoms with Crippen molar-refractivity contribution in [1.29, 1.82) is 0 Å². The van der Waals surface area contributed by atoms with Crippen molar-refractivity contribution in [2.24, 2.45) is 0 Å². The third kappa shape index (κ3) is 4.37. The zero-order valence-corrected chi connectivity index (χ0v) is 20.1. The highest BCUT2D eigenvalue weighted by molar-refractivity contribution is 7.99. The van der Waals surface area contributed by atoms with E-state index in [2.05, 4.69) is 40.3 Å². The Bertz CT molecular complexity index is 1160. The molecule has 0 bridgehead atoms. The first-order chi connectivity index (χ1) is 15.6. The van der Waals surface area contributed by atoms with Gasteiger partial charge in [0.25, 0.3) is 5.56 Å². The van der Waals surface area contributed by atoms with Crippen LogP contribution < -0.4 is 5.56 Å². The van der Waals surface area contributed by atoms with Crippen molar-refractivity contribution < 1.29 is 4.79 Å². The van der Waals surface area contributed by atoms with Gasteiger partial charge in [0, 0.05) is 18.0 Å². The number of thiophene rings is 1. The zero-order valence-electron chi connectivity index (χ0n) is 18.4. The number of nitrogens with one attached hydrogen (secondary N) is 1. The number of benzene rings is 1. The quantitative estimate of drug-likeness (QED) is 0.560. The van der Waals surface area contributed by atoms with Crippen LogP contribution in [0.3, 0.4) is 0 Å². The molecule has 0 aliphatic heterocycles. The normalized spacial score (nSPS) is 20.4. The molecule has 1 N–H and O–H groups in total. The number of amides is 1. The van der Waals surface area contributed by atoms with E-state index in [-0.39, 0.29) is 11.5 Å². The first-order valence-electron chi connectivity index (χ1n) is 11.5. The van der Waals surface area contributed by atoms with E-state index in [0.29, 0.717) is 29.3 Å². The van der Waals surface area contributed by atoms with Crippen LogP contribution in [0.15, 0.2) is 35.1 Å². The van der Waals surface area contributed by atoms with Gasteiger partial charge in [-0.3, -0.25) is 9.59 Å². The van der Waals surface area contributed by atoms with Crippen LogP contribution in [0.1, 0.15) is 59.9 Å². The number of hydrogen-bond donors (Lipinski definition) is 1. The van der Waals surface area contributed by atoms with Gasteiger partial charge in [0.1, 0.15) is 10.7 Å². The van der Waals surface area contributed by atoms with Gasteiger partial charge in [-0.2, -0.15) is 0 Å². The van der Waals surface area contributed by atoms with E-state index in [1.807, 2.05) is 11.9 Å². The summed E-state index contributed by atoms with van der Waals surface area (Å²) in [6.07, 6.45) is 7.57. The number of thioether (sulfide) groups is 1. The highest BCUT2D eigenvalue weighted by Gasteiger charge is 2.27. The summed E-state index contributed by atoms with van der Waals surface area (Å²) in [5, 5.41) is 0.790. The molecule has 1 saturated carbocycles. The van der Waals surface area contributed by atoms with Crippen LogP contribution in [-0.4, -0.2) is 39.6 Å². The molecule has 7 heteroatoms. The van der Waals surface area contributed by atoms with Gasteiger partial charge in [0.15, 0.2) is 0 Å². The molecule has 2 heterocycles. The number of hydrogen-bond acceptors (Lipinski definition) is 5. The zero-order chi connectivity index (χ0) is 22.1. The molecule has 0 unspecified atom stereocenters. The Morgan fingerprint density at radius 3 is 2.75 bits per heavy atom. The molecule has 2 aliphatic carbocycles. The van der Waals surface area contributed by atoms with E-state index in [1.165, 1.54) is 27.8 Å². The maximum Gasteiger partial charge on any atom is 0.259 e. The van der Waals surface area contributed by atoms with E-state index in [0.717, 1.165) is 55.2 Å². The summed E-state index contributed by atoms with van der Waals surface area (Å²) in [6.45, 7) is 0. The number of H-pyrrole nitrogens is 1. The average molecular weight is 468 g/mol. The summed E-state index contributed by atoms with van der Waals surface area (Å²) in [6, 6.07) is 11.0. The van der Waals surface area contributed by atoms with Gasteiger partial charge in [0.05, 0.1) is 16.9 Å². The second kappa shape index (κ2) is 9.40. The smallest absolute Gasteiger partial charge is 0.259 e. The highest BCUT2D eigenvalue weighted by Crippen LogP contribution is 2.35. The third-order valence-corrected chi connectivity index (χ3v) is 9.11. The molecule has 1 aromatic carbocycles. The molecule has 2 aromatic heterocycles. The summed E-state index contributed by atoms with van der Waals surface area (Å²) in [5.41, 5.74) is 2.60. The molecule has 5 nitrogen and oxygen atoms in total. The molecule has 32 heavy (non-hydrogen) atoms. The molecule has 0 atom stereocenters. The second-order valence-electron chi connectivity index (χ2n) is 8.96. The minimum atomic E-state index is -0.0244. The number of carbonyl (C=O) groups excluding carboxylic acids is 1. The van der Waals surface area contributed by atoms with Crippen molar-refractivity contribution in [3.05, 3.63) is 62.5 Å². The molecular formula is C25H29N3O2S2. The van der Waals surface area contributed by atoms with Gasteiger partial charge < -0.3 is 9.88 Å². The van der Waals surface area contributed by atoms with Crippen molar-refractivity contribution in [2.75, 3.05) is 12.8 Å². The Kier molecular flexibility index (Phi) is 6.37. The third-order valence-electron chi connectivity index (χ3n) is 7.00. The van der Waals surface area contributed by atoms with E-state index in [9.17, 15) is 9.59 Å². The van der Waals surface area contributed by atoms with Gasteiger partial charge >= 0.3 is 0 Å². The Balaban J connectivity index is 1.13. The highest BCUT2D eigenvalue weighted by atomic mass is 32.2. The van der Waals surface area contributed by atoms with Gasteiger partial charge in [-0.25, -0.2) is 4.98 Å². The van der Waals surface area contributed by atoms with Gasteiger partial charge in [0.2, 0.25) is 5.91 Å². The lowest BCUT2D eigenvalue weighted by atomic mass is 9.81. The monoisotopic (exact) mass is 467 g/mol. The minimum Gasteiger partial charge on any atom is -0.342 e. The van der Waals surface area contributed by atoms with Crippen LogP contribution in [0.4, 0.5) is 0 Å². The van der Waals surface area contributed by atoms with Crippen molar-refractivity contribution in [3.63, 3.8) is 0 Å². The molecule has 0 spiro atoms. The van der Waals surface area contributed by atoms with Crippen LogP contribution in [0, 0.1) is 0 Å². The van der Waals surface area contributed by atoms with Gasteiger partial charge in [-0.15, -0.1) is 23.1 Å². The first kappa shape index (κ1) is 21.7. The summed E-state index contributed by atoms with van der Waals surface area (Å²) >= 11 is 3.19. The lowest BCUT2D eigenvalue weighted by molar-refractivity contribution is -0.129. The lowest BCUT2D eigenvalue weighted by Crippen LogP contribution is -2.40. The number of nitrogens with zero attached hydrogens (tertiary/aromatic N) is 2. The molecule has 0 saturated heterocycles. The van der Waals surface area contributed by atoms with Gasteiger partial charge in [-0.1, -0.05) is 30.3 Å². The SMILES string of the molecule is CN(C(=O)CSCc1nc2sc3c(c2c(=O)[nH]1)CCC3)C1CCC(c2ccccc2)CC1. The predicted octanol–water partition coefficient (Wildman–Crippen LogP) is 4.89. The number of rotatable bonds is 6. The Morgan fingerprint density at radius 1 is 1.19 bits per heavy atom. The summed E-state index contributed by atoms with van der Waals surface area (Å²) in [4.78, 5) is 37.1. The van der Waals surface area contributed by atoms with Crippen LogP contribution >= 0.6 is 23.1 Å². The van der Waals surface area contributed by atoms with E-state index in [1.54, 1.807) is 11.3 Å². The number of carbonyl (C=O) groups is 1. The van der Waals surface area contributed by atoms with Crippen molar-refractivity contribution >= 4 is 39.2 Å².